The van der Waals surface area contributed by atoms with E-state index in [4.69, 9.17) is 0 Å². The zero-order chi connectivity index (χ0) is 21.1. The van der Waals surface area contributed by atoms with Crippen LogP contribution in [0.1, 0.15) is 68.6 Å². The molecule has 156 valence electrons. The second-order valence-corrected chi connectivity index (χ2v) is 9.09. The highest BCUT2D eigenvalue weighted by molar-refractivity contribution is 5.76. The molecule has 5 heteroatoms. The van der Waals surface area contributed by atoms with Crippen molar-refractivity contribution in [1.29, 1.82) is 0 Å². The minimum absolute atomic E-state index is 0.0348. The Labute approximate surface area is 178 Å². The summed E-state index contributed by atoms with van der Waals surface area (Å²) in [6.45, 7) is 6.66. The van der Waals surface area contributed by atoms with E-state index in [9.17, 15) is 4.79 Å². The maximum Gasteiger partial charge on any atom is 0.220 e. The van der Waals surface area contributed by atoms with Crippen LogP contribution >= 0.6 is 0 Å². The highest BCUT2D eigenvalue weighted by Crippen LogP contribution is 2.32. The van der Waals surface area contributed by atoms with Gasteiger partial charge in [0.15, 0.2) is 0 Å². The van der Waals surface area contributed by atoms with Crippen LogP contribution in [0.25, 0.3) is 5.69 Å². The van der Waals surface area contributed by atoms with Crippen molar-refractivity contribution in [2.24, 2.45) is 0 Å². The fourth-order valence-corrected chi connectivity index (χ4v) is 4.09. The fourth-order valence-electron chi connectivity index (χ4n) is 4.09. The zero-order valence-electron chi connectivity index (χ0n) is 18.1. The van der Waals surface area contributed by atoms with Gasteiger partial charge in [0.2, 0.25) is 5.91 Å². The van der Waals surface area contributed by atoms with Crippen LogP contribution in [0.4, 0.5) is 0 Å². The molecule has 0 spiro atoms. The Morgan fingerprint density at radius 1 is 1.17 bits per heavy atom. The first-order valence-corrected chi connectivity index (χ1v) is 10.8. The van der Waals surface area contributed by atoms with Crippen molar-refractivity contribution in [1.82, 2.24) is 20.1 Å². The molecule has 1 N–H and O–H groups in total. The van der Waals surface area contributed by atoms with Gasteiger partial charge < -0.3 is 5.32 Å². The molecule has 0 radical (unpaired) electrons. The summed E-state index contributed by atoms with van der Waals surface area (Å²) in [6, 6.07) is 14.5. The average molecular weight is 403 g/mol. The summed E-state index contributed by atoms with van der Waals surface area (Å²) in [4.78, 5) is 16.8. The molecule has 0 aliphatic heterocycles. The standard InChI is InChI=1S/C25H30N4O/c1-25(2,3)18-10-13-20(14-11-18)29-23-9-6-8-22(21(23)17-27-29)28-24(30)15-12-19-7-4-5-16-26-19/h4-5,7,10-11,13-14,16-17,22H,6,8-9,12,15H2,1-3H3,(H,28,30)/t22-/m0/s1. The van der Waals surface area contributed by atoms with E-state index in [0.29, 0.717) is 12.8 Å². The van der Waals surface area contributed by atoms with E-state index in [1.165, 1.54) is 11.3 Å². The van der Waals surface area contributed by atoms with E-state index in [-0.39, 0.29) is 17.4 Å². The monoisotopic (exact) mass is 402 g/mol. The number of carbonyl (C=O) groups is 1. The molecule has 1 aromatic carbocycles. The van der Waals surface area contributed by atoms with Crippen LogP contribution in [-0.4, -0.2) is 20.7 Å². The normalized spacial score (nSPS) is 16.2. The Hall–Kier alpha value is -2.95. The lowest BCUT2D eigenvalue weighted by atomic mass is 9.87. The Bertz CT molecular complexity index is 1000. The van der Waals surface area contributed by atoms with Crippen LogP contribution in [0.3, 0.4) is 0 Å². The molecule has 1 aliphatic rings. The first-order valence-electron chi connectivity index (χ1n) is 10.8. The maximum absolute atomic E-state index is 12.5. The molecule has 4 rings (SSSR count). The lowest BCUT2D eigenvalue weighted by molar-refractivity contribution is -0.121. The number of rotatable bonds is 5. The van der Waals surface area contributed by atoms with Gasteiger partial charge in [-0.1, -0.05) is 39.0 Å². The number of carbonyl (C=O) groups excluding carboxylic acids is 1. The number of benzene rings is 1. The van der Waals surface area contributed by atoms with Crippen molar-refractivity contribution < 1.29 is 4.79 Å². The maximum atomic E-state index is 12.5. The summed E-state index contributed by atoms with van der Waals surface area (Å²) in [5.74, 6) is 0.0702. The molecular weight excluding hydrogens is 372 g/mol. The van der Waals surface area contributed by atoms with Crippen LogP contribution in [-0.2, 0) is 23.1 Å². The summed E-state index contributed by atoms with van der Waals surface area (Å²) >= 11 is 0. The van der Waals surface area contributed by atoms with Gasteiger partial charge in [-0.3, -0.25) is 9.78 Å². The number of hydrogen-bond donors (Lipinski definition) is 1. The minimum atomic E-state index is 0.0348. The van der Waals surface area contributed by atoms with E-state index in [1.807, 2.05) is 29.1 Å². The van der Waals surface area contributed by atoms with E-state index < -0.39 is 0 Å². The second kappa shape index (κ2) is 8.42. The van der Waals surface area contributed by atoms with Crippen molar-refractivity contribution in [3.63, 3.8) is 0 Å². The minimum Gasteiger partial charge on any atom is -0.349 e. The molecule has 1 atom stereocenters. The van der Waals surface area contributed by atoms with Crippen molar-refractivity contribution in [3.8, 4) is 5.69 Å². The van der Waals surface area contributed by atoms with E-state index in [0.717, 1.165) is 36.2 Å². The van der Waals surface area contributed by atoms with Crippen molar-refractivity contribution >= 4 is 5.91 Å². The summed E-state index contributed by atoms with van der Waals surface area (Å²) in [6.07, 6.45) is 7.79. The van der Waals surface area contributed by atoms with Gasteiger partial charge in [0, 0.05) is 29.6 Å². The van der Waals surface area contributed by atoms with Crippen molar-refractivity contribution in [3.05, 3.63) is 77.4 Å². The highest BCUT2D eigenvalue weighted by atomic mass is 16.1. The molecule has 1 aliphatic carbocycles. The summed E-state index contributed by atoms with van der Waals surface area (Å²) in [5.41, 5.74) is 5.82. The van der Waals surface area contributed by atoms with Crippen LogP contribution < -0.4 is 5.32 Å². The van der Waals surface area contributed by atoms with Gasteiger partial charge >= 0.3 is 0 Å². The Morgan fingerprint density at radius 3 is 2.67 bits per heavy atom. The third-order valence-corrected chi connectivity index (χ3v) is 5.83. The zero-order valence-corrected chi connectivity index (χ0v) is 18.1. The van der Waals surface area contributed by atoms with E-state index in [2.05, 4.69) is 60.4 Å². The SMILES string of the molecule is CC(C)(C)c1ccc(-n2ncc3c2CCC[C@@H]3NC(=O)CCc2ccccn2)cc1. The number of pyridine rings is 1. The third kappa shape index (κ3) is 4.45. The third-order valence-electron chi connectivity index (χ3n) is 5.83. The number of aryl methyl sites for hydroxylation is 1. The molecular formula is C25H30N4O. The van der Waals surface area contributed by atoms with E-state index >= 15 is 0 Å². The molecule has 0 saturated carbocycles. The Balaban J connectivity index is 1.46. The van der Waals surface area contributed by atoms with Gasteiger partial charge in [-0.15, -0.1) is 0 Å². The Morgan fingerprint density at radius 2 is 1.97 bits per heavy atom. The topological polar surface area (TPSA) is 59.8 Å². The highest BCUT2D eigenvalue weighted by Gasteiger charge is 2.26. The number of nitrogens with zero attached hydrogens (tertiary/aromatic N) is 3. The van der Waals surface area contributed by atoms with Gasteiger partial charge in [0.1, 0.15) is 0 Å². The lowest BCUT2D eigenvalue weighted by Crippen LogP contribution is -2.31. The van der Waals surface area contributed by atoms with E-state index in [1.54, 1.807) is 6.20 Å². The smallest absolute Gasteiger partial charge is 0.220 e. The molecule has 1 amide bonds. The Kier molecular flexibility index (Phi) is 5.71. The molecule has 30 heavy (non-hydrogen) atoms. The van der Waals surface area contributed by atoms with Crippen LogP contribution in [0.15, 0.2) is 54.9 Å². The predicted octanol–water partition coefficient (Wildman–Crippen LogP) is 4.69. The summed E-state index contributed by atoms with van der Waals surface area (Å²) in [7, 11) is 0. The molecule has 0 unspecified atom stereocenters. The average Bonchev–Trinajstić information content (AvgIpc) is 3.18. The number of amides is 1. The van der Waals surface area contributed by atoms with Crippen molar-refractivity contribution in [2.75, 3.05) is 0 Å². The summed E-state index contributed by atoms with van der Waals surface area (Å²) < 4.78 is 2.04. The first kappa shape index (κ1) is 20.3. The molecule has 3 aromatic rings. The lowest BCUT2D eigenvalue weighted by Gasteiger charge is -2.24. The molecule has 0 bridgehead atoms. The van der Waals surface area contributed by atoms with Crippen LogP contribution in [0.5, 0.6) is 0 Å². The van der Waals surface area contributed by atoms with Crippen LogP contribution in [0, 0.1) is 0 Å². The van der Waals surface area contributed by atoms with Crippen molar-refractivity contribution in [2.45, 2.75) is 64.3 Å². The molecule has 5 nitrogen and oxygen atoms in total. The van der Waals surface area contributed by atoms with Gasteiger partial charge in [0.05, 0.1) is 17.9 Å². The predicted molar refractivity (Wildman–Crippen MR) is 119 cm³/mol. The molecule has 2 heterocycles. The van der Waals surface area contributed by atoms with Gasteiger partial charge in [-0.05, 0) is 60.9 Å². The number of fused-ring (bicyclic) bond motifs is 1. The second-order valence-electron chi connectivity index (χ2n) is 9.09. The number of nitrogens with one attached hydrogen (secondary N) is 1. The molecule has 0 fully saturated rings. The quantitative estimate of drug-likeness (QED) is 0.673. The largest absolute Gasteiger partial charge is 0.349 e. The molecule has 2 aromatic heterocycles. The van der Waals surface area contributed by atoms with Gasteiger partial charge in [0.25, 0.3) is 0 Å². The van der Waals surface area contributed by atoms with Gasteiger partial charge in [-0.2, -0.15) is 5.10 Å². The number of aromatic nitrogens is 3. The fraction of sp³-hybridized carbons (Fsp3) is 0.400. The van der Waals surface area contributed by atoms with Crippen LogP contribution in [0.2, 0.25) is 0 Å². The summed E-state index contributed by atoms with van der Waals surface area (Å²) in [5, 5.41) is 7.89. The first-order chi connectivity index (χ1) is 14.4. The molecule has 0 saturated heterocycles. The van der Waals surface area contributed by atoms with Gasteiger partial charge in [-0.25, -0.2) is 4.68 Å². The number of hydrogen-bond acceptors (Lipinski definition) is 3.